The van der Waals surface area contributed by atoms with Gasteiger partial charge >= 0.3 is 0 Å². The Kier molecular flexibility index (Phi) is 7.48. The number of aromatic nitrogens is 3. The van der Waals surface area contributed by atoms with Crippen LogP contribution >= 0.6 is 0 Å². The third kappa shape index (κ3) is 4.91. The minimum atomic E-state index is -0.518. The molecule has 2 bridgehead atoms. The minimum Gasteiger partial charge on any atom is -0.457 e. The third-order valence-corrected chi connectivity index (χ3v) is 16.5. The molecule has 4 aliphatic carbocycles. The molecule has 2 heterocycles. The highest BCUT2D eigenvalue weighted by molar-refractivity contribution is 5.96. The summed E-state index contributed by atoms with van der Waals surface area (Å²) in [7, 11) is 0. The summed E-state index contributed by atoms with van der Waals surface area (Å²) in [6.07, 6.45) is 6.80. The molecular formula is C60H45N3O. The Hall–Kier alpha value is -7.17. The van der Waals surface area contributed by atoms with Gasteiger partial charge in [0.25, 0.3) is 0 Å². The number of rotatable bonds is 5. The zero-order chi connectivity index (χ0) is 42.2. The van der Waals surface area contributed by atoms with E-state index in [1.54, 1.807) is 0 Å². The van der Waals surface area contributed by atoms with Gasteiger partial charge in [-0.15, -0.1) is 0 Å². The van der Waals surface area contributed by atoms with E-state index in [-0.39, 0.29) is 0 Å². The predicted molar refractivity (Wildman–Crippen MR) is 256 cm³/mol. The second-order valence-electron chi connectivity index (χ2n) is 19.4. The first kappa shape index (κ1) is 36.3. The van der Waals surface area contributed by atoms with Crippen LogP contribution < -0.4 is 4.74 Å². The smallest absolute Gasteiger partial charge is 0.164 e. The summed E-state index contributed by atoms with van der Waals surface area (Å²) in [5.74, 6) is 5.46. The lowest BCUT2D eigenvalue weighted by Gasteiger charge is -2.39. The maximum Gasteiger partial charge on any atom is 0.164 e. The first-order chi connectivity index (χ1) is 31.5. The van der Waals surface area contributed by atoms with Gasteiger partial charge < -0.3 is 4.74 Å². The predicted octanol–water partition coefficient (Wildman–Crippen LogP) is 14.6. The van der Waals surface area contributed by atoms with Gasteiger partial charge in [0.2, 0.25) is 0 Å². The average molecular weight is 824 g/mol. The number of hydrogen-bond acceptors (Lipinski definition) is 4. The fraction of sp³-hybridized carbons (Fsp3) is 0.183. The zero-order valence-electron chi connectivity index (χ0n) is 35.8. The van der Waals surface area contributed by atoms with Crippen LogP contribution in [0.5, 0.6) is 11.5 Å². The monoisotopic (exact) mass is 823 g/mol. The largest absolute Gasteiger partial charge is 0.457 e. The van der Waals surface area contributed by atoms with Crippen LogP contribution in [0.2, 0.25) is 0 Å². The van der Waals surface area contributed by atoms with Gasteiger partial charge in [-0.2, -0.15) is 0 Å². The minimum absolute atomic E-state index is 0.307. The van der Waals surface area contributed by atoms with Gasteiger partial charge in [0, 0.05) is 27.8 Å². The summed E-state index contributed by atoms with van der Waals surface area (Å²) < 4.78 is 6.94. The van der Waals surface area contributed by atoms with E-state index < -0.39 is 5.41 Å². The lowest BCUT2D eigenvalue weighted by Crippen LogP contribution is -2.32. The molecule has 306 valence electrons. The van der Waals surface area contributed by atoms with Gasteiger partial charge in [-0.3, -0.25) is 0 Å². The highest BCUT2D eigenvalue weighted by Crippen LogP contribution is 2.73. The highest BCUT2D eigenvalue weighted by atomic mass is 16.5. The average Bonchev–Trinajstić information content (AvgIpc) is 3.97. The molecule has 8 aromatic carbocycles. The second kappa shape index (κ2) is 13.2. The molecule has 0 saturated heterocycles. The van der Waals surface area contributed by atoms with E-state index in [0.717, 1.165) is 73.1 Å². The normalized spacial score (nSPS) is 22.5. The SMILES string of the molecule is CC12CC3(c4ccc(-c5nc(-c6ccccc6-c6ccc7c(c6)Oc6ccccc6C76c7ccccc7-c7ccccc76)nc(-c6cccc7ccccc67)n5)cc4)C[C@H]1CC[C@H]2C3. The van der Waals surface area contributed by atoms with Gasteiger partial charge in [-0.25, -0.2) is 15.0 Å². The molecule has 1 aliphatic heterocycles. The Balaban J connectivity index is 0.922. The summed E-state index contributed by atoms with van der Waals surface area (Å²) in [4.78, 5) is 16.0. The van der Waals surface area contributed by atoms with Crippen molar-refractivity contribution in [2.24, 2.45) is 17.3 Å². The number of fused-ring (bicyclic) bond motifs is 11. The van der Waals surface area contributed by atoms with Gasteiger partial charge in [0.15, 0.2) is 17.5 Å². The molecule has 3 fully saturated rings. The van der Waals surface area contributed by atoms with Gasteiger partial charge in [0.05, 0.1) is 5.41 Å². The summed E-state index contributed by atoms with van der Waals surface area (Å²) >= 11 is 0. The molecular weight excluding hydrogens is 779 g/mol. The fourth-order valence-electron chi connectivity index (χ4n) is 13.7. The summed E-state index contributed by atoms with van der Waals surface area (Å²) in [6, 6.07) is 65.8. The van der Waals surface area contributed by atoms with E-state index in [9.17, 15) is 0 Å². The lowest BCUT2D eigenvalue weighted by atomic mass is 9.66. The molecule has 64 heavy (non-hydrogen) atoms. The van der Waals surface area contributed by atoms with E-state index in [2.05, 4.69) is 189 Å². The molecule has 14 rings (SSSR count). The fourth-order valence-corrected chi connectivity index (χ4v) is 13.7. The zero-order valence-corrected chi connectivity index (χ0v) is 35.8. The maximum absolute atomic E-state index is 6.94. The van der Waals surface area contributed by atoms with Crippen molar-refractivity contribution in [2.45, 2.75) is 49.9 Å². The molecule has 4 atom stereocenters. The highest BCUT2D eigenvalue weighted by Gasteiger charge is 2.65. The molecule has 5 aliphatic rings. The van der Waals surface area contributed by atoms with Crippen molar-refractivity contribution in [2.75, 3.05) is 0 Å². The van der Waals surface area contributed by atoms with Crippen molar-refractivity contribution in [1.29, 1.82) is 0 Å². The van der Waals surface area contributed by atoms with E-state index >= 15 is 0 Å². The topological polar surface area (TPSA) is 47.9 Å². The van der Waals surface area contributed by atoms with Crippen LogP contribution in [0, 0.1) is 17.3 Å². The Morgan fingerprint density at radius 2 is 1.00 bits per heavy atom. The van der Waals surface area contributed by atoms with Crippen molar-refractivity contribution in [3.63, 3.8) is 0 Å². The molecule has 9 aromatic rings. The first-order valence-corrected chi connectivity index (χ1v) is 23.1. The third-order valence-electron chi connectivity index (χ3n) is 16.5. The van der Waals surface area contributed by atoms with Crippen LogP contribution in [0.15, 0.2) is 182 Å². The van der Waals surface area contributed by atoms with Crippen LogP contribution in [-0.2, 0) is 10.8 Å². The van der Waals surface area contributed by atoms with Crippen LogP contribution in [0.3, 0.4) is 0 Å². The molecule has 0 amide bonds. The second-order valence-corrected chi connectivity index (χ2v) is 19.4. The number of para-hydroxylation sites is 1. The van der Waals surface area contributed by atoms with E-state index in [1.165, 1.54) is 59.9 Å². The van der Waals surface area contributed by atoms with Crippen molar-refractivity contribution in [3.8, 4) is 67.9 Å². The molecule has 1 spiro atoms. The molecule has 0 radical (unpaired) electrons. The van der Waals surface area contributed by atoms with Gasteiger partial charge in [0.1, 0.15) is 11.5 Å². The van der Waals surface area contributed by atoms with Crippen LogP contribution in [0.1, 0.15) is 66.8 Å². The molecule has 3 saturated carbocycles. The maximum atomic E-state index is 6.94. The summed E-state index contributed by atoms with van der Waals surface area (Å²) in [6.45, 7) is 2.58. The molecule has 4 nitrogen and oxygen atoms in total. The number of ether oxygens (including phenoxy) is 1. The van der Waals surface area contributed by atoms with Gasteiger partial charge in [-0.1, -0.05) is 177 Å². The van der Waals surface area contributed by atoms with Crippen molar-refractivity contribution in [1.82, 2.24) is 15.0 Å². The van der Waals surface area contributed by atoms with E-state index in [1.807, 2.05) is 0 Å². The summed E-state index contributed by atoms with van der Waals surface area (Å²) in [5, 5.41) is 2.27. The summed E-state index contributed by atoms with van der Waals surface area (Å²) in [5.41, 5.74) is 14.2. The number of nitrogens with zero attached hydrogens (tertiary/aromatic N) is 3. The van der Waals surface area contributed by atoms with Crippen molar-refractivity contribution in [3.05, 3.63) is 210 Å². The van der Waals surface area contributed by atoms with Crippen LogP contribution in [0.25, 0.3) is 67.2 Å². The van der Waals surface area contributed by atoms with E-state index in [4.69, 9.17) is 19.7 Å². The number of hydrogen-bond donors (Lipinski definition) is 0. The Labute approximate surface area is 373 Å². The Morgan fingerprint density at radius 1 is 0.453 bits per heavy atom. The first-order valence-electron chi connectivity index (χ1n) is 23.1. The molecule has 2 unspecified atom stereocenters. The lowest BCUT2D eigenvalue weighted by molar-refractivity contribution is 0.195. The Morgan fingerprint density at radius 3 is 1.73 bits per heavy atom. The van der Waals surface area contributed by atoms with Gasteiger partial charge in [-0.05, 0) is 117 Å². The quantitative estimate of drug-likeness (QED) is 0.173. The Bertz CT molecular complexity index is 3340. The van der Waals surface area contributed by atoms with Crippen molar-refractivity contribution < 1.29 is 4.74 Å². The molecule has 4 heteroatoms. The van der Waals surface area contributed by atoms with Crippen molar-refractivity contribution >= 4 is 10.8 Å². The van der Waals surface area contributed by atoms with E-state index in [0.29, 0.717) is 28.3 Å². The number of benzene rings is 8. The van der Waals surface area contributed by atoms with Crippen LogP contribution in [0.4, 0.5) is 0 Å². The molecule has 1 aromatic heterocycles. The standard InChI is InChI=1S/C60H45N3O/c1-58-36-59(34-41(58)30-31-42(58)35-59)40-28-25-38(26-29-40)55-61-56(63-57(62-55)48-20-12-14-37-13-2-3-15-43(37)48)47-19-5-4-16-44(47)39-27-32-52-54(33-39)64-53-24-11-10-23-51(53)60(52)49-21-8-6-17-45(49)46-18-7-9-22-50(46)60/h2-29,32-33,41-42H,30-31,34-36H2,1H3/t41-,42+,58?,59?. The molecule has 0 N–H and O–H groups in total. The van der Waals surface area contributed by atoms with Crippen LogP contribution in [-0.4, -0.2) is 15.0 Å².